The zero-order valence-electron chi connectivity index (χ0n) is 9.80. The Labute approximate surface area is 104 Å². The normalized spacial score (nSPS) is 14.9. The Balaban J connectivity index is 2.17. The van der Waals surface area contributed by atoms with E-state index in [1.54, 1.807) is 24.3 Å². The van der Waals surface area contributed by atoms with Crippen LogP contribution < -0.4 is 15.0 Å². The largest absolute Gasteiger partial charge is 0.494 e. The second-order valence-electron chi connectivity index (χ2n) is 3.74. The third-order valence-electron chi connectivity index (χ3n) is 2.39. The van der Waals surface area contributed by atoms with Crippen molar-refractivity contribution in [3.05, 3.63) is 24.3 Å². The van der Waals surface area contributed by atoms with E-state index in [2.05, 4.69) is 0 Å². The lowest BCUT2D eigenvalue weighted by molar-refractivity contribution is -0.134. The number of carbonyl (C=O) groups is 3. The Morgan fingerprint density at radius 3 is 2.33 bits per heavy atom. The summed E-state index contributed by atoms with van der Waals surface area (Å²) in [6, 6.07) is 5.68. The molecular formula is C12H12N2O4. The number of nitrogens with one attached hydrogen (secondary N) is 1. The van der Waals surface area contributed by atoms with E-state index in [-0.39, 0.29) is 0 Å². The van der Waals surface area contributed by atoms with Gasteiger partial charge in [-0.2, -0.15) is 0 Å². The maximum Gasteiger partial charge on any atom is 0.336 e. The number of hydrogen-bond donors (Lipinski definition) is 1. The van der Waals surface area contributed by atoms with E-state index < -0.39 is 17.8 Å². The van der Waals surface area contributed by atoms with Crippen LogP contribution >= 0.6 is 0 Å². The lowest BCUT2D eigenvalue weighted by Crippen LogP contribution is -2.30. The van der Waals surface area contributed by atoms with Gasteiger partial charge in [0.2, 0.25) is 0 Å². The Hall–Kier alpha value is -2.37. The highest BCUT2D eigenvalue weighted by molar-refractivity contribution is 6.53. The fourth-order valence-corrected chi connectivity index (χ4v) is 1.55. The number of ether oxygens (including phenoxy) is 1. The minimum atomic E-state index is -0.911. The topological polar surface area (TPSA) is 75.7 Å². The van der Waals surface area contributed by atoms with Crippen LogP contribution in [0.3, 0.4) is 0 Å². The highest BCUT2D eigenvalue weighted by Gasteiger charge is 2.37. The number of carbonyl (C=O) groups excluding carboxylic acids is 3. The average molecular weight is 248 g/mol. The van der Waals surface area contributed by atoms with Crippen molar-refractivity contribution in [1.82, 2.24) is 5.32 Å². The van der Waals surface area contributed by atoms with E-state index in [1.165, 1.54) is 0 Å². The second kappa shape index (κ2) is 4.87. The van der Waals surface area contributed by atoms with E-state index in [0.29, 0.717) is 18.0 Å². The molecule has 1 N–H and O–H groups in total. The van der Waals surface area contributed by atoms with Crippen molar-refractivity contribution < 1.29 is 19.1 Å². The van der Waals surface area contributed by atoms with Gasteiger partial charge in [0.25, 0.3) is 0 Å². The number of urea groups is 1. The molecule has 0 aliphatic carbocycles. The third kappa shape index (κ3) is 2.17. The molecule has 2 rings (SSSR count). The summed E-state index contributed by atoms with van der Waals surface area (Å²) in [6.45, 7) is 2.59. The predicted molar refractivity (Wildman–Crippen MR) is 63.3 cm³/mol. The van der Waals surface area contributed by atoms with Gasteiger partial charge in [-0.15, -0.1) is 0 Å². The van der Waals surface area contributed by atoms with Crippen LogP contribution in [0.1, 0.15) is 13.3 Å². The molecule has 1 aromatic rings. The molecule has 6 heteroatoms. The number of imide groups is 2. The molecule has 1 fully saturated rings. The van der Waals surface area contributed by atoms with E-state index in [1.807, 2.05) is 12.2 Å². The van der Waals surface area contributed by atoms with Gasteiger partial charge in [0.05, 0.1) is 12.3 Å². The number of hydrogen-bond acceptors (Lipinski definition) is 4. The maximum atomic E-state index is 11.4. The van der Waals surface area contributed by atoms with Crippen LogP contribution in [0.5, 0.6) is 5.75 Å². The summed E-state index contributed by atoms with van der Waals surface area (Å²) in [5, 5.41) is 1.93. The molecule has 0 unspecified atom stereocenters. The predicted octanol–water partition coefficient (Wildman–Crippen LogP) is 1.06. The maximum absolute atomic E-state index is 11.4. The minimum absolute atomic E-state index is 0.340. The molecule has 0 atom stereocenters. The van der Waals surface area contributed by atoms with Crippen LogP contribution in [0.4, 0.5) is 10.5 Å². The van der Waals surface area contributed by atoms with Gasteiger partial charge >= 0.3 is 17.8 Å². The number of anilines is 1. The molecule has 0 spiro atoms. The minimum Gasteiger partial charge on any atom is -0.494 e. The van der Waals surface area contributed by atoms with Crippen LogP contribution in [0, 0.1) is 0 Å². The van der Waals surface area contributed by atoms with Crippen LogP contribution in [-0.2, 0) is 9.59 Å². The van der Waals surface area contributed by atoms with Gasteiger partial charge < -0.3 is 4.74 Å². The van der Waals surface area contributed by atoms with E-state index in [4.69, 9.17) is 4.74 Å². The smallest absolute Gasteiger partial charge is 0.336 e. The standard InChI is InChI=1S/C12H12N2O4/c1-2-7-18-9-5-3-8(4-6-9)14-11(16)10(15)13-12(14)17/h3-6H,2,7H2,1H3,(H,13,15,17). The molecule has 1 aliphatic rings. The highest BCUT2D eigenvalue weighted by Crippen LogP contribution is 2.21. The van der Waals surface area contributed by atoms with Gasteiger partial charge in [0, 0.05) is 0 Å². The first-order valence-corrected chi connectivity index (χ1v) is 5.55. The number of rotatable bonds is 4. The summed E-state index contributed by atoms with van der Waals surface area (Å²) in [7, 11) is 0. The van der Waals surface area contributed by atoms with Crippen molar-refractivity contribution in [3.8, 4) is 5.75 Å². The van der Waals surface area contributed by atoms with E-state index in [0.717, 1.165) is 11.3 Å². The first-order chi connectivity index (χ1) is 8.63. The lowest BCUT2D eigenvalue weighted by atomic mass is 10.3. The van der Waals surface area contributed by atoms with Crippen molar-refractivity contribution in [2.45, 2.75) is 13.3 Å². The molecule has 0 aromatic heterocycles. The molecule has 1 aromatic carbocycles. The monoisotopic (exact) mass is 248 g/mol. The van der Waals surface area contributed by atoms with Gasteiger partial charge in [0.1, 0.15) is 5.75 Å². The SMILES string of the molecule is CCCOc1ccc(N2C(=O)NC(=O)C2=O)cc1. The quantitative estimate of drug-likeness (QED) is 0.638. The first kappa shape index (κ1) is 12.1. The van der Waals surface area contributed by atoms with Crippen molar-refractivity contribution in [3.63, 3.8) is 0 Å². The summed E-state index contributed by atoms with van der Waals surface area (Å²) in [5.41, 5.74) is 0.340. The van der Waals surface area contributed by atoms with Crippen LogP contribution in [0.25, 0.3) is 0 Å². The van der Waals surface area contributed by atoms with Gasteiger partial charge in [-0.1, -0.05) is 6.92 Å². The lowest BCUT2D eigenvalue weighted by Gasteiger charge is -2.12. The summed E-state index contributed by atoms with van der Waals surface area (Å²) in [5.74, 6) is -1.13. The van der Waals surface area contributed by atoms with Crippen LogP contribution in [-0.4, -0.2) is 24.5 Å². The molecule has 1 saturated heterocycles. The molecule has 94 valence electrons. The van der Waals surface area contributed by atoms with Crippen LogP contribution in [0.2, 0.25) is 0 Å². The third-order valence-corrected chi connectivity index (χ3v) is 2.39. The zero-order chi connectivity index (χ0) is 13.1. The summed E-state index contributed by atoms with van der Waals surface area (Å²) < 4.78 is 5.38. The van der Waals surface area contributed by atoms with Crippen molar-refractivity contribution in [1.29, 1.82) is 0 Å². The van der Waals surface area contributed by atoms with Crippen molar-refractivity contribution in [2.24, 2.45) is 0 Å². The Morgan fingerprint density at radius 2 is 1.83 bits per heavy atom. The van der Waals surface area contributed by atoms with Gasteiger partial charge in [-0.25, -0.2) is 9.69 Å². The number of benzene rings is 1. The second-order valence-corrected chi connectivity index (χ2v) is 3.74. The zero-order valence-corrected chi connectivity index (χ0v) is 9.80. The number of nitrogens with zero attached hydrogens (tertiary/aromatic N) is 1. The summed E-state index contributed by atoms with van der Waals surface area (Å²) in [6.07, 6.45) is 0.892. The van der Waals surface area contributed by atoms with E-state index >= 15 is 0 Å². The fraction of sp³-hybridized carbons (Fsp3) is 0.250. The molecule has 4 amide bonds. The molecular weight excluding hydrogens is 236 g/mol. The van der Waals surface area contributed by atoms with E-state index in [9.17, 15) is 14.4 Å². The average Bonchev–Trinajstić information content (AvgIpc) is 2.62. The van der Waals surface area contributed by atoms with Crippen LogP contribution in [0.15, 0.2) is 24.3 Å². The molecule has 6 nitrogen and oxygen atoms in total. The molecule has 0 bridgehead atoms. The summed E-state index contributed by atoms with van der Waals surface area (Å²) in [4.78, 5) is 34.7. The van der Waals surface area contributed by atoms with Gasteiger partial charge in [-0.05, 0) is 30.7 Å². The Bertz CT molecular complexity index is 495. The first-order valence-electron chi connectivity index (χ1n) is 5.55. The van der Waals surface area contributed by atoms with Crippen molar-refractivity contribution in [2.75, 3.05) is 11.5 Å². The molecule has 0 saturated carbocycles. The molecule has 1 aliphatic heterocycles. The molecule has 1 heterocycles. The molecule has 0 radical (unpaired) electrons. The van der Waals surface area contributed by atoms with Gasteiger partial charge in [-0.3, -0.25) is 14.9 Å². The Kier molecular flexibility index (Phi) is 3.27. The summed E-state index contributed by atoms with van der Waals surface area (Å²) >= 11 is 0. The number of amides is 4. The van der Waals surface area contributed by atoms with Gasteiger partial charge in [0.15, 0.2) is 0 Å². The molecule has 18 heavy (non-hydrogen) atoms. The fourth-order valence-electron chi connectivity index (χ4n) is 1.55. The highest BCUT2D eigenvalue weighted by atomic mass is 16.5. The Morgan fingerprint density at radius 1 is 1.17 bits per heavy atom. The van der Waals surface area contributed by atoms with Crippen molar-refractivity contribution >= 4 is 23.5 Å².